The van der Waals surface area contributed by atoms with Gasteiger partial charge in [0.15, 0.2) is 17.3 Å². The maximum absolute atomic E-state index is 13.0. The van der Waals surface area contributed by atoms with Crippen LogP contribution in [0.25, 0.3) is 11.3 Å². The van der Waals surface area contributed by atoms with Gasteiger partial charge in [0.2, 0.25) is 12.3 Å². The third-order valence-corrected chi connectivity index (χ3v) is 4.75. The smallest absolute Gasteiger partial charge is 0.277 e. The van der Waals surface area contributed by atoms with Gasteiger partial charge in [0.1, 0.15) is 12.4 Å². The molecule has 1 aromatic carbocycles. The van der Waals surface area contributed by atoms with Crippen molar-refractivity contribution in [3.8, 4) is 11.3 Å². The summed E-state index contributed by atoms with van der Waals surface area (Å²) in [5, 5.41) is 20.7. The number of rotatable bonds is 4. The maximum atomic E-state index is 13.0. The Morgan fingerprint density at radius 1 is 1.13 bits per heavy atom. The number of amides is 2. The summed E-state index contributed by atoms with van der Waals surface area (Å²) in [4.78, 5) is 31.6. The highest BCUT2D eigenvalue weighted by molar-refractivity contribution is 6.00. The number of hydrogen-bond donors (Lipinski definition) is 2. The first-order chi connectivity index (χ1) is 14.3. The Balaban J connectivity index is 1.47. The van der Waals surface area contributed by atoms with Crippen LogP contribution in [0.5, 0.6) is 0 Å². The van der Waals surface area contributed by atoms with Gasteiger partial charge in [-0.25, -0.2) is 9.37 Å². The van der Waals surface area contributed by atoms with Crippen LogP contribution in [0.3, 0.4) is 0 Å². The van der Waals surface area contributed by atoms with Gasteiger partial charge in [0.05, 0.1) is 12.0 Å². The SMILES string of the molecule is CN1C(=O)c2c(ncn2CC(=O)Nc2ccc(-c3ccc(F)cc3)nn2)N(C)C1O. The topological polar surface area (TPSA) is 116 Å². The van der Waals surface area contributed by atoms with Crippen molar-refractivity contribution < 1.29 is 19.1 Å². The minimum Gasteiger partial charge on any atom is -0.356 e. The second-order valence-electron chi connectivity index (χ2n) is 6.78. The van der Waals surface area contributed by atoms with Crippen molar-refractivity contribution >= 4 is 23.5 Å². The normalized spacial score (nSPS) is 15.9. The number of aliphatic hydroxyl groups excluding tert-OH is 1. The molecule has 4 rings (SSSR count). The number of aromatic nitrogens is 4. The molecule has 1 unspecified atom stereocenters. The third kappa shape index (κ3) is 3.46. The number of carbonyl (C=O) groups excluding carboxylic acids is 2. The molecule has 2 N–H and O–H groups in total. The molecule has 3 heterocycles. The number of halogens is 1. The van der Waals surface area contributed by atoms with Crippen molar-refractivity contribution in [2.45, 2.75) is 12.9 Å². The number of aliphatic hydroxyl groups is 1. The predicted octanol–water partition coefficient (Wildman–Crippen LogP) is 0.916. The molecule has 2 aromatic heterocycles. The Hall–Kier alpha value is -3.86. The second-order valence-corrected chi connectivity index (χ2v) is 6.78. The molecule has 0 radical (unpaired) electrons. The van der Waals surface area contributed by atoms with E-state index < -0.39 is 18.2 Å². The molecule has 11 heteroatoms. The van der Waals surface area contributed by atoms with Crippen molar-refractivity contribution in [2.24, 2.45) is 0 Å². The number of imidazole rings is 1. The van der Waals surface area contributed by atoms with E-state index in [1.54, 1.807) is 31.3 Å². The van der Waals surface area contributed by atoms with E-state index in [1.165, 1.54) is 35.0 Å². The molecule has 1 aliphatic heterocycles. The number of carbonyl (C=O) groups is 2. The summed E-state index contributed by atoms with van der Waals surface area (Å²) in [6, 6.07) is 9.06. The standard InChI is InChI=1S/C19H18FN7O3/c1-25-17-16(18(29)26(2)19(25)30)27(10-21-17)9-15(28)22-14-8-7-13(23-24-14)11-3-5-12(20)6-4-11/h3-8,10,19,30H,9H2,1-2H3,(H,22,24,28). The lowest BCUT2D eigenvalue weighted by Gasteiger charge is -2.36. The number of anilines is 2. The van der Waals surface area contributed by atoms with Crippen molar-refractivity contribution in [1.29, 1.82) is 0 Å². The summed E-state index contributed by atoms with van der Waals surface area (Å²) in [6.07, 6.45) is 0.241. The fraction of sp³-hybridized carbons (Fsp3) is 0.211. The van der Waals surface area contributed by atoms with E-state index >= 15 is 0 Å². The molecule has 1 atom stereocenters. The van der Waals surface area contributed by atoms with Crippen LogP contribution in [0, 0.1) is 5.82 Å². The van der Waals surface area contributed by atoms with Crippen LogP contribution >= 0.6 is 0 Å². The summed E-state index contributed by atoms with van der Waals surface area (Å²) in [5.41, 5.74) is 1.44. The predicted molar refractivity (Wildman–Crippen MR) is 105 cm³/mol. The van der Waals surface area contributed by atoms with Crippen LogP contribution < -0.4 is 10.2 Å². The van der Waals surface area contributed by atoms with E-state index in [-0.39, 0.29) is 23.9 Å². The molecule has 0 bridgehead atoms. The summed E-state index contributed by atoms with van der Waals surface area (Å²) < 4.78 is 14.4. The van der Waals surface area contributed by atoms with Gasteiger partial charge in [-0.3, -0.25) is 14.5 Å². The quantitative estimate of drug-likeness (QED) is 0.656. The van der Waals surface area contributed by atoms with Crippen LogP contribution in [0.1, 0.15) is 10.5 Å². The van der Waals surface area contributed by atoms with Crippen LogP contribution in [0.15, 0.2) is 42.7 Å². The number of benzene rings is 1. The minimum absolute atomic E-state index is 0.173. The van der Waals surface area contributed by atoms with E-state index in [1.807, 2.05) is 0 Å². The summed E-state index contributed by atoms with van der Waals surface area (Å²) in [7, 11) is 3.06. The van der Waals surface area contributed by atoms with Crippen LogP contribution in [-0.2, 0) is 11.3 Å². The zero-order valence-corrected chi connectivity index (χ0v) is 16.2. The van der Waals surface area contributed by atoms with Crippen LogP contribution in [-0.4, -0.2) is 62.0 Å². The van der Waals surface area contributed by atoms with Gasteiger partial charge in [0.25, 0.3) is 5.91 Å². The fourth-order valence-electron chi connectivity index (χ4n) is 3.12. The summed E-state index contributed by atoms with van der Waals surface area (Å²) >= 11 is 0. The molecule has 3 aromatic rings. The second kappa shape index (κ2) is 7.52. The molecule has 0 aliphatic carbocycles. The van der Waals surface area contributed by atoms with E-state index in [9.17, 15) is 19.1 Å². The molecular weight excluding hydrogens is 393 g/mol. The van der Waals surface area contributed by atoms with Gasteiger partial charge in [-0.05, 0) is 36.4 Å². The molecule has 154 valence electrons. The molecule has 10 nitrogen and oxygen atoms in total. The number of nitrogens with zero attached hydrogens (tertiary/aromatic N) is 6. The third-order valence-electron chi connectivity index (χ3n) is 4.75. The first-order valence-electron chi connectivity index (χ1n) is 8.98. The molecule has 30 heavy (non-hydrogen) atoms. The molecule has 0 saturated carbocycles. The first kappa shape index (κ1) is 19.5. The minimum atomic E-state index is -1.13. The zero-order chi connectivity index (χ0) is 21.4. The zero-order valence-electron chi connectivity index (χ0n) is 16.2. The Morgan fingerprint density at radius 3 is 2.53 bits per heavy atom. The fourth-order valence-corrected chi connectivity index (χ4v) is 3.12. The van der Waals surface area contributed by atoms with E-state index in [2.05, 4.69) is 20.5 Å². The monoisotopic (exact) mass is 411 g/mol. The molecule has 1 aliphatic rings. The summed E-state index contributed by atoms with van der Waals surface area (Å²) in [6.45, 7) is -0.173. The van der Waals surface area contributed by atoms with E-state index in [0.29, 0.717) is 17.1 Å². The van der Waals surface area contributed by atoms with Crippen molar-refractivity contribution in [3.05, 3.63) is 54.2 Å². The van der Waals surface area contributed by atoms with Crippen LogP contribution in [0.4, 0.5) is 16.0 Å². The highest BCUT2D eigenvalue weighted by atomic mass is 19.1. The maximum Gasteiger partial charge on any atom is 0.277 e. The lowest BCUT2D eigenvalue weighted by atomic mass is 10.1. The average molecular weight is 411 g/mol. The molecule has 0 fully saturated rings. The number of nitrogens with one attached hydrogen (secondary N) is 1. The number of hydrogen-bond acceptors (Lipinski definition) is 7. The van der Waals surface area contributed by atoms with Crippen molar-refractivity contribution in [1.82, 2.24) is 24.6 Å². The molecular formula is C19H18FN7O3. The molecule has 2 amide bonds. The van der Waals surface area contributed by atoms with Crippen molar-refractivity contribution in [3.63, 3.8) is 0 Å². The van der Waals surface area contributed by atoms with Crippen molar-refractivity contribution in [2.75, 3.05) is 24.3 Å². The largest absolute Gasteiger partial charge is 0.356 e. The highest BCUT2D eigenvalue weighted by Crippen LogP contribution is 2.26. The molecule has 0 saturated heterocycles. The van der Waals surface area contributed by atoms with Gasteiger partial charge < -0.3 is 19.9 Å². The highest BCUT2D eigenvalue weighted by Gasteiger charge is 2.36. The lowest BCUT2D eigenvalue weighted by Crippen LogP contribution is -2.52. The van der Waals surface area contributed by atoms with E-state index in [0.717, 1.165) is 4.90 Å². The average Bonchev–Trinajstić information content (AvgIpc) is 3.15. The van der Waals surface area contributed by atoms with Gasteiger partial charge in [-0.2, -0.15) is 0 Å². The number of fused-ring (bicyclic) bond motifs is 1. The lowest BCUT2D eigenvalue weighted by molar-refractivity contribution is -0.116. The summed E-state index contributed by atoms with van der Waals surface area (Å²) in [5.74, 6) is -0.687. The first-order valence-corrected chi connectivity index (χ1v) is 8.98. The molecule has 0 spiro atoms. The van der Waals surface area contributed by atoms with Gasteiger partial charge >= 0.3 is 0 Å². The van der Waals surface area contributed by atoms with E-state index in [4.69, 9.17) is 0 Å². The Labute approximate surface area is 170 Å². The Kier molecular flexibility index (Phi) is 4.88. The Bertz CT molecular complexity index is 1100. The van der Waals surface area contributed by atoms with Gasteiger partial charge in [0, 0.05) is 19.7 Å². The van der Waals surface area contributed by atoms with Crippen LogP contribution in [0.2, 0.25) is 0 Å². The van der Waals surface area contributed by atoms with Gasteiger partial charge in [-0.1, -0.05) is 0 Å². The van der Waals surface area contributed by atoms with Gasteiger partial charge in [-0.15, -0.1) is 10.2 Å². The Morgan fingerprint density at radius 2 is 1.87 bits per heavy atom.